The average molecular weight is 205 g/mol. The number of nitrogens with zero attached hydrogens (tertiary/aromatic N) is 1. The minimum absolute atomic E-state index is 0.620. The molecule has 0 aromatic heterocycles. The number of benzene rings is 1. The summed E-state index contributed by atoms with van der Waals surface area (Å²) in [6.45, 7) is 7.58. The number of hydrogen-bond acceptors (Lipinski definition) is 2. The van der Waals surface area contributed by atoms with Gasteiger partial charge < -0.3 is 10.0 Å². The summed E-state index contributed by atoms with van der Waals surface area (Å²) in [6, 6.07) is 6.58. The average Bonchev–Trinajstić information content (AvgIpc) is 2.46. The van der Waals surface area contributed by atoms with Crippen LogP contribution in [0.15, 0.2) is 18.2 Å². The molecule has 1 aromatic rings. The third-order valence-corrected chi connectivity index (χ3v) is 2.81. The van der Waals surface area contributed by atoms with E-state index < -0.39 is 5.60 Å². The topological polar surface area (TPSA) is 23.5 Å². The zero-order valence-corrected chi connectivity index (χ0v) is 9.75. The van der Waals surface area contributed by atoms with Crippen molar-refractivity contribution in [2.24, 2.45) is 0 Å². The molecule has 1 aliphatic heterocycles. The van der Waals surface area contributed by atoms with E-state index in [0.29, 0.717) is 6.54 Å². The van der Waals surface area contributed by atoms with Gasteiger partial charge in [0.2, 0.25) is 0 Å². The van der Waals surface area contributed by atoms with Crippen molar-refractivity contribution in [2.45, 2.75) is 32.8 Å². The fourth-order valence-corrected chi connectivity index (χ4v) is 2.19. The lowest BCUT2D eigenvalue weighted by Crippen LogP contribution is -2.37. The maximum Gasteiger partial charge on any atom is 0.0765 e. The molecule has 0 saturated heterocycles. The molecular formula is C13H19NO. The Hall–Kier alpha value is -1.02. The quantitative estimate of drug-likeness (QED) is 0.799. The molecule has 0 amide bonds. The second-order valence-corrected chi connectivity index (χ2v) is 5.12. The standard InChI is InChI=1S/C13H19NO/c1-10-4-5-11-6-7-14(12(11)8-10)9-13(2,3)15/h4-5,8,15H,6-7,9H2,1-3H3. The van der Waals surface area contributed by atoms with Crippen LogP contribution in [0.2, 0.25) is 0 Å². The first kappa shape index (κ1) is 10.5. The lowest BCUT2D eigenvalue weighted by molar-refractivity contribution is 0.0878. The van der Waals surface area contributed by atoms with Gasteiger partial charge in [-0.3, -0.25) is 0 Å². The molecule has 0 radical (unpaired) electrons. The lowest BCUT2D eigenvalue weighted by Gasteiger charge is -2.27. The van der Waals surface area contributed by atoms with Crippen molar-refractivity contribution < 1.29 is 5.11 Å². The van der Waals surface area contributed by atoms with Crippen LogP contribution in [0, 0.1) is 6.92 Å². The molecule has 0 saturated carbocycles. The van der Waals surface area contributed by atoms with Crippen LogP contribution in [0.1, 0.15) is 25.0 Å². The molecular weight excluding hydrogens is 186 g/mol. The molecule has 0 bridgehead atoms. The molecule has 0 aliphatic carbocycles. The number of fused-ring (bicyclic) bond motifs is 1. The second-order valence-electron chi connectivity index (χ2n) is 5.12. The van der Waals surface area contributed by atoms with Crippen LogP contribution >= 0.6 is 0 Å². The maximum absolute atomic E-state index is 9.83. The van der Waals surface area contributed by atoms with E-state index in [1.807, 2.05) is 13.8 Å². The number of rotatable bonds is 2. The van der Waals surface area contributed by atoms with E-state index in [1.54, 1.807) is 0 Å². The van der Waals surface area contributed by atoms with Crippen molar-refractivity contribution in [1.82, 2.24) is 0 Å². The molecule has 1 aromatic carbocycles. The van der Waals surface area contributed by atoms with E-state index in [0.717, 1.165) is 13.0 Å². The molecule has 1 N–H and O–H groups in total. The van der Waals surface area contributed by atoms with Gasteiger partial charge in [0.05, 0.1) is 5.60 Å². The summed E-state index contributed by atoms with van der Waals surface area (Å²) >= 11 is 0. The van der Waals surface area contributed by atoms with Crippen molar-refractivity contribution in [1.29, 1.82) is 0 Å². The molecule has 2 nitrogen and oxygen atoms in total. The molecule has 82 valence electrons. The molecule has 1 aliphatic rings. The van der Waals surface area contributed by atoms with E-state index in [-0.39, 0.29) is 0 Å². The number of aliphatic hydroxyl groups is 1. The molecule has 0 spiro atoms. The summed E-state index contributed by atoms with van der Waals surface area (Å²) in [5.74, 6) is 0. The van der Waals surface area contributed by atoms with Crippen LogP contribution in [0.5, 0.6) is 0 Å². The van der Waals surface area contributed by atoms with Crippen molar-refractivity contribution in [2.75, 3.05) is 18.0 Å². The molecule has 2 rings (SSSR count). The number of β-amino-alcohol motifs (C(OH)–C–C–N with tert-alkyl or cyclic N) is 1. The minimum Gasteiger partial charge on any atom is -0.389 e. The highest BCUT2D eigenvalue weighted by Gasteiger charge is 2.24. The predicted octanol–water partition coefficient (Wildman–Crippen LogP) is 2.13. The summed E-state index contributed by atoms with van der Waals surface area (Å²) in [5.41, 5.74) is 3.38. The van der Waals surface area contributed by atoms with Crippen molar-refractivity contribution in [3.05, 3.63) is 29.3 Å². The maximum atomic E-state index is 9.83. The summed E-state index contributed by atoms with van der Waals surface area (Å²) < 4.78 is 0. The van der Waals surface area contributed by atoms with Gasteiger partial charge in [-0.2, -0.15) is 0 Å². The monoisotopic (exact) mass is 205 g/mol. The third-order valence-electron chi connectivity index (χ3n) is 2.81. The van der Waals surface area contributed by atoms with Crippen molar-refractivity contribution in [3.8, 4) is 0 Å². The Morgan fingerprint density at radius 3 is 2.80 bits per heavy atom. The zero-order valence-electron chi connectivity index (χ0n) is 9.75. The van der Waals surface area contributed by atoms with Crippen LogP contribution in [-0.4, -0.2) is 23.8 Å². The highest BCUT2D eigenvalue weighted by Crippen LogP contribution is 2.29. The SMILES string of the molecule is Cc1ccc2c(c1)N(CC(C)(C)O)CC2. The largest absolute Gasteiger partial charge is 0.389 e. The highest BCUT2D eigenvalue weighted by molar-refractivity contribution is 5.59. The zero-order chi connectivity index (χ0) is 11.1. The molecule has 15 heavy (non-hydrogen) atoms. The van der Waals surface area contributed by atoms with Gasteiger partial charge in [-0.15, -0.1) is 0 Å². The number of anilines is 1. The van der Waals surface area contributed by atoms with E-state index in [2.05, 4.69) is 30.0 Å². The lowest BCUT2D eigenvalue weighted by atomic mass is 10.1. The van der Waals surface area contributed by atoms with Gasteiger partial charge in [-0.1, -0.05) is 12.1 Å². The van der Waals surface area contributed by atoms with Crippen LogP contribution in [-0.2, 0) is 6.42 Å². The summed E-state index contributed by atoms with van der Waals surface area (Å²) in [7, 11) is 0. The van der Waals surface area contributed by atoms with Crippen LogP contribution in [0.4, 0.5) is 5.69 Å². The van der Waals surface area contributed by atoms with Gasteiger partial charge in [-0.05, 0) is 44.4 Å². The van der Waals surface area contributed by atoms with Crippen LogP contribution in [0.3, 0.4) is 0 Å². The van der Waals surface area contributed by atoms with E-state index in [9.17, 15) is 5.11 Å². The Balaban J connectivity index is 2.24. The van der Waals surface area contributed by atoms with Gasteiger partial charge in [0.25, 0.3) is 0 Å². The normalized spacial score (nSPS) is 15.6. The minimum atomic E-state index is -0.620. The summed E-state index contributed by atoms with van der Waals surface area (Å²) in [5, 5.41) is 9.83. The Kier molecular flexibility index (Phi) is 2.47. The van der Waals surface area contributed by atoms with Crippen molar-refractivity contribution in [3.63, 3.8) is 0 Å². The number of hydrogen-bond donors (Lipinski definition) is 1. The van der Waals surface area contributed by atoms with Gasteiger partial charge in [0, 0.05) is 18.8 Å². The van der Waals surface area contributed by atoms with Crippen LogP contribution in [0.25, 0.3) is 0 Å². The highest BCUT2D eigenvalue weighted by atomic mass is 16.3. The van der Waals surface area contributed by atoms with Gasteiger partial charge >= 0.3 is 0 Å². The summed E-state index contributed by atoms with van der Waals surface area (Å²) in [6.07, 6.45) is 1.10. The number of aryl methyl sites for hydroxylation is 1. The smallest absolute Gasteiger partial charge is 0.0765 e. The molecule has 2 heteroatoms. The molecule has 0 atom stereocenters. The first-order chi connectivity index (χ1) is 6.96. The molecule has 0 unspecified atom stereocenters. The van der Waals surface area contributed by atoms with E-state index in [4.69, 9.17) is 0 Å². The second kappa shape index (κ2) is 3.53. The van der Waals surface area contributed by atoms with Gasteiger partial charge in [-0.25, -0.2) is 0 Å². The Morgan fingerprint density at radius 1 is 1.40 bits per heavy atom. The molecule has 0 fully saturated rings. The van der Waals surface area contributed by atoms with Gasteiger partial charge in [0.1, 0.15) is 0 Å². The Bertz CT molecular complexity index is 365. The summed E-state index contributed by atoms with van der Waals surface area (Å²) in [4.78, 5) is 2.28. The Morgan fingerprint density at radius 2 is 2.13 bits per heavy atom. The fraction of sp³-hybridized carbons (Fsp3) is 0.538. The first-order valence-electron chi connectivity index (χ1n) is 5.52. The van der Waals surface area contributed by atoms with E-state index >= 15 is 0 Å². The van der Waals surface area contributed by atoms with E-state index in [1.165, 1.54) is 16.8 Å². The third kappa shape index (κ3) is 2.32. The Labute approximate surface area is 91.5 Å². The molecule has 1 heterocycles. The van der Waals surface area contributed by atoms with Crippen LogP contribution < -0.4 is 4.90 Å². The predicted molar refractivity (Wildman–Crippen MR) is 63.4 cm³/mol. The van der Waals surface area contributed by atoms with Gasteiger partial charge in [0.15, 0.2) is 0 Å². The fourth-order valence-electron chi connectivity index (χ4n) is 2.19. The first-order valence-corrected chi connectivity index (χ1v) is 5.52. The van der Waals surface area contributed by atoms with Crippen molar-refractivity contribution >= 4 is 5.69 Å².